The Hall–Kier alpha value is -2.13. The quantitative estimate of drug-likeness (QED) is 0.849. The van der Waals surface area contributed by atoms with Gasteiger partial charge in [0.15, 0.2) is 5.78 Å². The van der Waals surface area contributed by atoms with Crippen LogP contribution in [0.25, 0.3) is 0 Å². The van der Waals surface area contributed by atoms with Gasteiger partial charge in [0.25, 0.3) is 0 Å². The normalized spacial score (nSPS) is 11.9. The van der Waals surface area contributed by atoms with Crippen LogP contribution in [0.5, 0.6) is 5.75 Å². The van der Waals surface area contributed by atoms with Gasteiger partial charge < -0.3 is 10.5 Å². The first-order valence-corrected chi connectivity index (χ1v) is 6.60. The molecular weight excluding hydrogens is 250 g/mol. The lowest BCUT2D eigenvalue weighted by Gasteiger charge is -2.13. The van der Waals surface area contributed by atoms with E-state index < -0.39 is 6.04 Å². The van der Waals surface area contributed by atoms with Crippen molar-refractivity contribution in [2.75, 3.05) is 7.11 Å². The Labute approximate surface area is 119 Å². The SMILES string of the molecule is COc1ccc(C(=O)C(N)Cc2ccccc2)c(C)c1. The molecule has 0 aliphatic heterocycles. The Morgan fingerprint density at radius 2 is 1.90 bits per heavy atom. The number of hydrogen-bond donors (Lipinski definition) is 1. The zero-order valence-electron chi connectivity index (χ0n) is 11.8. The Morgan fingerprint density at radius 3 is 2.50 bits per heavy atom. The maximum absolute atomic E-state index is 12.4. The molecule has 20 heavy (non-hydrogen) atoms. The van der Waals surface area contributed by atoms with Crippen molar-refractivity contribution in [2.24, 2.45) is 5.73 Å². The van der Waals surface area contributed by atoms with Crippen molar-refractivity contribution in [3.05, 3.63) is 65.2 Å². The van der Waals surface area contributed by atoms with Gasteiger partial charge in [0.1, 0.15) is 5.75 Å². The lowest BCUT2D eigenvalue weighted by atomic mass is 9.95. The number of Topliss-reactive ketones (excluding diaryl/α,β-unsaturated/α-hetero) is 1. The molecule has 0 heterocycles. The van der Waals surface area contributed by atoms with Crippen molar-refractivity contribution >= 4 is 5.78 Å². The van der Waals surface area contributed by atoms with Crippen LogP contribution in [0.3, 0.4) is 0 Å². The van der Waals surface area contributed by atoms with Gasteiger partial charge in [-0.05, 0) is 42.7 Å². The summed E-state index contributed by atoms with van der Waals surface area (Å²) in [7, 11) is 1.61. The lowest BCUT2D eigenvalue weighted by molar-refractivity contribution is 0.0960. The molecule has 0 aromatic heterocycles. The summed E-state index contributed by atoms with van der Waals surface area (Å²) < 4.78 is 5.14. The van der Waals surface area contributed by atoms with Crippen molar-refractivity contribution in [2.45, 2.75) is 19.4 Å². The van der Waals surface area contributed by atoms with Crippen molar-refractivity contribution in [3.8, 4) is 5.75 Å². The van der Waals surface area contributed by atoms with E-state index in [-0.39, 0.29) is 5.78 Å². The third kappa shape index (κ3) is 3.25. The molecular formula is C17H19NO2. The van der Waals surface area contributed by atoms with Crippen molar-refractivity contribution in [1.29, 1.82) is 0 Å². The molecule has 0 amide bonds. The number of hydrogen-bond acceptors (Lipinski definition) is 3. The van der Waals surface area contributed by atoms with Crippen molar-refractivity contribution in [1.82, 2.24) is 0 Å². The van der Waals surface area contributed by atoms with E-state index in [1.165, 1.54) is 0 Å². The number of ether oxygens (including phenoxy) is 1. The van der Waals surface area contributed by atoms with E-state index in [2.05, 4.69) is 0 Å². The molecule has 2 aromatic rings. The van der Waals surface area contributed by atoms with E-state index in [9.17, 15) is 4.79 Å². The number of rotatable bonds is 5. The van der Waals surface area contributed by atoms with Gasteiger partial charge in [-0.2, -0.15) is 0 Å². The van der Waals surface area contributed by atoms with E-state index in [1.807, 2.05) is 43.3 Å². The standard InChI is InChI=1S/C17H19NO2/c1-12-10-14(20-2)8-9-15(12)17(19)16(18)11-13-6-4-3-5-7-13/h3-10,16H,11,18H2,1-2H3. The molecule has 0 aliphatic rings. The minimum atomic E-state index is -0.524. The number of ketones is 1. The molecule has 0 spiro atoms. The van der Waals surface area contributed by atoms with Crippen LogP contribution >= 0.6 is 0 Å². The molecule has 2 rings (SSSR count). The highest BCUT2D eigenvalue weighted by atomic mass is 16.5. The van der Waals surface area contributed by atoms with E-state index in [4.69, 9.17) is 10.5 Å². The summed E-state index contributed by atoms with van der Waals surface area (Å²) in [5.74, 6) is 0.713. The average Bonchev–Trinajstić information content (AvgIpc) is 2.47. The third-order valence-electron chi connectivity index (χ3n) is 3.33. The van der Waals surface area contributed by atoms with Crippen LogP contribution in [0.4, 0.5) is 0 Å². The third-order valence-corrected chi connectivity index (χ3v) is 3.33. The number of carbonyl (C=O) groups is 1. The van der Waals surface area contributed by atoms with Crippen LogP contribution in [-0.2, 0) is 6.42 Å². The van der Waals surface area contributed by atoms with Gasteiger partial charge in [0.05, 0.1) is 13.2 Å². The van der Waals surface area contributed by atoms with Gasteiger partial charge in [-0.1, -0.05) is 30.3 Å². The number of aryl methyl sites for hydroxylation is 1. The number of carbonyl (C=O) groups excluding carboxylic acids is 1. The molecule has 3 heteroatoms. The van der Waals surface area contributed by atoms with Crippen LogP contribution in [-0.4, -0.2) is 18.9 Å². The molecule has 0 saturated heterocycles. The molecule has 2 aromatic carbocycles. The molecule has 0 aliphatic carbocycles. The van der Waals surface area contributed by atoms with Crippen LogP contribution in [0.15, 0.2) is 48.5 Å². The molecule has 0 radical (unpaired) electrons. The molecule has 0 bridgehead atoms. The van der Waals surface area contributed by atoms with Gasteiger partial charge in [0, 0.05) is 5.56 Å². The Kier molecular flexibility index (Phi) is 4.53. The Bertz CT molecular complexity index is 593. The first kappa shape index (κ1) is 14.3. The number of benzene rings is 2. The maximum atomic E-state index is 12.4. The van der Waals surface area contributed by atoms with Crippen LogP contribution in [0, 0.1) is 6.92 Å². The molecule has 0 fully saturated rings. The van der Waals surface area contributed by atoms with Gasteiger partial charge in [-0.3, -0.25) is 4.79 Å². The fraction of sp³-hybridized carbons (Fsp3) is 0.235. The fourth-order valence-corrected chi connectivity index (χ4v) is 2.20. The van der Waals surface area contributed by atoms with Gasteiger partial charge in [-0.15, -0.1) is 0 Å². The minimum absolute atomic E-state index is 0.0333. The number of methoxy groups -OCH3 is 1. The second-order valence-electron chi connectivity index (χ2n) is 4.84. The van der Waals surface area contributed by atoms with Crippen LogP contribution < -0.4 is 10.5 Å². The minimum Gasteiger partial charge on any atom is -0.497 e. The second kappa shape index (κ2) is 6.35. The Balaban J connectivity index is 2.14. The highest BCUT2D eigenvalue weighted by Crippen LogP contribution is 2.18. The average molecular weight is 269 g/mol. The van der Waals surface area contributed by atoms with Crippen molar-refractivity contribution < 1.29 is 9.53 Å². The van der Waals surface area contributed by atoms with Gasteiger partial charge >= 0.3 is 0 Å². The van der Waals surface area contributed by atoms with E-state index in [1.54, 1.807) is 19.2 Å². The zero-order valence-corrected chi connectivity index (χ0v) is 11.8. The predicted octanol–water partition coefficient (Wildman–Crippen LogP) is 2.76. The second-order valence-corrected chi connectivity index (χ2v) is 4.84. The topological polar surface area (TPSA) is 52.3 Å². The first-order chi connectivity index (χ1) is 9.61. The van der Waals surface area contributed by atoms with Crippen LogP contribution in [0.2, 0.25) is 0 Å². The van der Waals surface area contributed by atoms with E-state index in [0.29, 0.717) is 12.0 Å². The van der Waals surface area contributed by atoms with E-state index in [0.717, 1.165) is 16.9 Å². The van der Waals surface area contributed by atoms with Gasteiger partial charge in [-0.25, -0.2) is 0 Å². The predicted molar refractivity (Wildman–Crippen MR) is 80.2 cm³/mol. The summed E-state index contributed by atoms with van der Waals surface area (Å²) in [4.78, 5) is 12.4. The molecule has 2 N–H and O–H groups in total. The zero-order chi connectivity index (χ0) is 14.5. The van der Waals surface area contributed by atoms with Crippen LogP contribution in [0.1, 0.15) is 21.5 Å². The summed E-state index contributed by atoms with van der Waals surface area (Å²) in [5.41, 5.74) is 8.66. The van der Waals surface area contributed by atoms with E-state index >= 15 is 0 Å². The summed E-state index contributed by atoms with van der Waals surface area (Å²) in [5, 5.41) is 0. The fourth-order valence-electron chi connectivity index (χ4n) is 2.20. The molecule has 0 saturated carbocycles. The highest BCUT2D eigenvalue weighted by Gasteiger charge is 2.18. The highest BCUT2D eigenvalue weighted by molar-refractivity contribution is 6.01. The summed E-state index contributed by atoms with van der Waals surface area (Å²) in [6.45, 7) is 1.89. The largest absolute Gasteiger partial charge is 0.497 e. The lowest BCUT2D eigenvalue weighted by Crippen LogP contribution is -2.33. The first-order valence-electron chi connectivity index (χ1n) is 6.60. The summed E-state index contributed by atoms with van der Waals surface area (Å²) >= 11 is 0. The summed E-state index contributed by atoms with van der Waals surface area (Å²) in [6.07, 6.45) is 0.547. The Morgan fingerprint density at radius 1 is 1.20 bits per heavy atom. The molecule has 3 nitrogen and oxygen atoms in total. The molecule has 1 atom stereocenters. The maximum Gasteiger partial charge on any atom is 0.180 e. The molecule has 104 valence electrons. The molecule has 1 unspecified atom stereocenters. The number of nitrogens with two attached hydrogens (primary N) is 1. The summed E-state index contributed by atoms with van der Waals surface area (Å²) in [6, 6.07) is 14.7. The van der Waals surface area contributed by atoms with Crippen molar-refractivity contribution in [3.63, 3.8) is 0 Å². The van der Waals surface area contributed by atoms with Gasteiger partial charge in [0.2, 0.25) is 0 Å². The smallest absolute Gasteiger partial charge is 0.180 e. The monoisotopic (exact) mass is 269 g/mol.